The number of nitrogens with one attached hydrogen (secondary N) is 3. The number of aromatic amines is 1. The van der Waals surface area contributed by atoms with Gasteiger partial charge in [-0.2, -0.15) is 5.10 Å². The Bertz CT molecular complexity index is 1130. The van der Waals surface area contributed by atoms with Crippen LogP contribution < -0.4 is 16.2 Å². The first-order valence-corrected chi connectivity index (χ1v) is 9.10. The molecule has 1 spiro atoms. The van der Waals surface area contributed by atoms with Crippen molar-refractivity contribution in [3.8, 4) is 0 Å². The highest BCUT2D eigenvalue weighted by molar-refractivity contribution is 5.97. The summed E-state index contributed by atoms with van der Waals surface area (Å²) in [5, 5.41) is 13.7. The monoisotopic (exact) mass is 401 g/mol. The molecular weight excluding hydrogens is 382 g/mol. The molecule has 28 heavy (non-hydrogen) atoms. The van der Waals surface area contributed by atoms with Gasteiger partial charge in [0.1, 0.15) is 29.2 Å². The van der Waals surface area contributed by atoms with Gasteiger partial charge < -0.3 is 10.6 Å². The summed E-state index contributed by atoms with van der Waals surface area (Å²) in [5.74, 6) is 0.332. The van der Waals surface area contributed by atoms with Gasteiger partial charge in [-0.15, -0.1) is 12.4 Å². The molecular formula is C18H20ClN7O2. The number of pyridine rings is 1. The number of rotatable bonds is 2. The molecule has 1 saturated carbocycles. The summed E-state index contributed by atoms with van der Waals surface area (Å²) in [5.41, 5.74) is 1.37. The maximum absolute atomic E-state index is 13.4. The molecule has 1 aliphatic heterocycles. The van der Waals surface area contributed by atoms with E-state index in [1.165, 1.54) is 6.33 Å². The second kappa shape index (κ2) is 6.59. The second-order valence-electron chi connectivity index (χ2n) is 7.26. The van der Waals surface area contributed by atoms with Crippen LogP contribution in [-0.4, -0.2) is 30.6 Å². The summed E-state index contributed by atoms with van der Waals surface area (Å²) < 4.78 is 1.67. The quantitative estimate of drug-likeness (QED) is 0.606. The van der Waals surface area contributed by atoms with Crippen LogP contribution >= 0.6 is 12.4 Å². The number of carbonyl (C=O) groups excluding carboxylic acids is 1. The van der Waals surface area contributed by atoms with Crippen LogP contribution in [-0.2, 0) is 5.66 Å². The van der Waals surface area contributed by atoms with Gasteiger partial charge in [0.15, 0.2) is 5.65 Å². The van der Waals surface area contributed by atoms with Gasteiger partial charge in [-0.1, -0.05) is 6.42 Å². The van der Waals surface area contributed by atoms with Crippen LogP contribution in [0.5, 0.6) is 0 Å². The van der Waals surface area contributed by atoms with Gasteiger partial charge in [0, 0.05) is 0 Å². The molecule has 3 N–H and O–H groups in total. The highest BCUT2D eigenvalue weighted by Crippen LogP contribution is 2.37. The third kappa shape index (κ3) is 2.57. The minimum atomic E-state index is -0.610. The maximum atomic E-state index is 13.4. The van der Waals surface area contributed by atoms with Crippen molar-refractivity contribution in [1.29, 1.82) is 0 Å². The molecule has 0 atom stereocenters. The van der Waals surface area contributed by atoms with Crippen molar-refractivity contribution in [3.05, 3.63) is 40.2 Å². The average molecular weight is 402 g/mol. The van der Waals surface area contributed by atoms with Gasteiger partial charge in [0.25, 0.3) is 11.5 Å². The van der Waals surface area contributed by atoms with Crippen LogP contribution in [0.2, 0.25) is 0 Å². The second-order valence-corrected chi connectivity index (χ2v) is 7.26. The van der Waals surface area contributed by atoms with Gasteiger partial charge >= 0.3 is 0 Å². The fraction of sp³-hybridized carbons (Fsp3) is 0.389. The molecule has 1 amide bonds. The summed E-state index contributed by atoms with van der Waals surface area (Å²) in [4.78, 5) is 34.3. The van der Waals surface area contributed by atoms with Crippen molar-refractivity contribution < 1.29 is 4.79 Å². The number of hydrogen-bond acceptors (Lipinski definition) is 6. The molecule has 0 aromatic carbocycles. The molecule has 0 radical (unpaired) electrons. The zero-order chi connectivity index (χ0) is 18.6. The van der Waals surface area contributed by atoms with E-state index in [0.717, 1.165) is 37.7 Å². The van der Waals surface area contributed by atoms with E-state index in [1.807, 2.05) is 6.92 Å². The van der Waals surface area contributed by atoms with E-state index in [4.69, 9.17) is 0 Å². The first-order valence-electron chi connectivity index (χ1n) is 9.10. The summed E-state index contributed by atoms with van der Waals surface area (Å²) in [7, 11) is 0. The fourth-order valence-electron chi connectivity index (χ4n) is 4.33. The number of aromatic nitrogens is 5. The molecule has 3 aromatic heterocycles. The molecule has 3 aromatic rings. The van der Waals surface area contributed by atoms with E-state index in [9.17, 15) is 9.59 Å². The number of amides is 1. The Morgan fingerprint density at radius 3 is 2.75 bits per heavy atom. The number of hydrogen-bond donors (Lipinski definition) is 3. The molecule has 10 heteroatoms. The van der Waals surface area contributed by atoms with Gasteiger partial charge in [-0.3, -0.25) is 19.3 Å². The lowest BCUT2D eigenvalue weighted by Crippen LogP contribution is -2.48. The Labute approximate surface area is 166 Å². The molecule has 0 saturated heterocycles. The molecule has 0 unspecified atom stereocenters. The largest absolute Gasteiger partial charge is 0.335 e. The zero-order valence-corrected chi connectivity index (χ0v) is 16.1. The summed E-state index contributed by atoms with van der Waals surface area (Å²) in [6, 6.07) is 1.71. The summed E-state index contributed by atoms with van der Waals surface area (Å²) in [6.45, 7) is 1.85. The van der Waals surface area contributed by atoms with Crippen LogP contribution in [0, 0.1) is 6.92 Å². The topological polar surface area (TPSA) is 118 Å². The van der Waals surface area contributed by atoms with E-state index < -0.39 is 5.66 Å². The van der Waals surface area contributed by atoms with E-state index in [1.54, 1.807) is 16.8 Å². The predicted molar refractivity (Wildman–Crippen MR) is 106 cm³/mol. The summed E-state index contributed by atoms with van der Waals surface area (Å²) in [6.07, 6.45) is 7.67. The van der Waals surface area contributed by atoms with Gasteiger partial charge in [-0.05, 0) is 44.2 Å². The highest BCUT2D eigenvalue weighted by Gasteiger charge is 2.45. The van der Waals surface area contributed by atoms with Crippen LogP contribution in [0.3, 0.4) is 0 Å². The molecule has 1 fully saturated rings. The molecule has 9 nitrogen and oxygen atoms in total. The zero-order valence-electron chi connectivity index (χ0n) is 15.3. The summed E-state index contributed by atoms with van der Waals surface area (Å²) >= 11 is 0. The Kier molecular flexibility index (Phi) is 4.34. The smallest absolute Gasteiger partial charge is 0.276 e. The van der Waals surface area contributed by atoms with Crippen molar-refractivity contribution in [2.45, 2.75) is 44.7 Å². The van der Waals surface area contributed by atoms with E-state index in [-0.39, 0.29) is 23.9 Å². The molecule has 5 rings (SSSR count). The number of nitrogens with zero attached hydrogens (tertiary/aromatic N) is 4. The van der Waals surface area contributed by atoms with Crippen LogP contribution in [0.4, 0.5) is 11.5 Å². The van der Waals surface area contributed by atoms with Crippen LogP contribution in [0.15, 0.2) is 23.4 Å². The van der Waals surface area contributed by atoms with Gasteiger partial charge in [0.05, 0.1) is 11.6 Å². The van der Waals surface area contributed by atoms with Crippen molar-refractivity contribution in [3.63, 3.8) is 0 Å². The minimum Gasteiger partial charge on any atom is -0.335 e. The molecule has 4 heterocycles. The molecule has 2 aliphatic rings. The molecule has 1 aliphatic carbocycles. The highest BCUT2D eigenvalue weighted by atomic mass is 35.5. The molecule has 0 bridgehead atoms. The first-order chi connectivity index (χ1) is 13.1. The SMILES string of the molecule is Cc1cc(Nc2ncnc3[nH]ncc23)c(=O)n2c1C(=O)NC21CCCCC1.Cl. The lowest BCUT2D eigenvalue weighted by Gasteiger charge is -2.35. The number of halogens is 1. The third-order valence-electron chi connectivity index (χ3n) is 5.56. The number of carbonyl (C=O) groups is 1. The number of fused-ring (bicyclic) bond motifs is 3. The fourth-order valence-corrected chi connectivity index (χ4v) is 4.33. The predicted octanol–water partition coefficient (Wildman–Crippen LogP) is 2.35. The standard InChI is InChI=1S/C18H19N7O2.ClH/c1-10-7-12(22-14-11-8-21-24-15(11)20-9-19-14)17(27)25-13(10)16(26)23-18(25)5-3-2-4-6-18;/h7-9H,2-6H2,1H3,(H,23,26)(H2,19,20,21,22,24);1H. The van der Waals surface area contributed by atoms with Crippen molar-refractivity contribution in [1.82, 2.24) is 30.0 Å². The minimum absolute atomic E-state index is 0. The lowest BCUT2D eigenvalue weighted by atomic mass is 9.89. The number of aryl methyl sites for hydroxylation is 1. The van der Waals surface area contributed by atoms with Crippen LogP contribution in [0.1, 0.15) is 48.2 Å². The lowest BCUT2D eigenvalue weighted by molar-refractivity contribution is 0.0876. The van der Waals surface area contributed by atoms with Crippen LogP contribution in [0.25, 0.3) is 11.0 Å². The van der Waals surface area contributed by atoms with Crippen molar-refractivity contribution in [2.75, 3.05) is 5.32 Å². The number of anilines is 2. The Hall–Kier alpha value is -2.94. The first kappa shape index (κ1) is 18.4. The normalized spacial score (nSPS) is 17.2. The van der Waals surface area contributed by atoms with E-state index in [2.05, 4.69) is 30.8 Å². The Morgan fingerprint density at radius 1 is 1.18 bits per heavy atom. The Balaban J connectivity index is 0.00000192. The Morgan fingerprint density at radius 2 is 1.96 bits per heavy atom. The van der Waals surface area contributed by atoms with E-state index >= 15 is 0 Å². The third-order valence-corrected chi connectivity index (χ3v) is 5.56. The average Bonchev–Trinajstić information content (AvgIpc) is 3.24. The molecule has 146 valence electrons. The maximum Gasteiger partial charge on any atom is 0.276 e. The van der Waals surface area contributed by atoms with E-state index in [0.29, 0.717) is 28.2 Å². The van der Waals surface area contributed by atoms with Gasteiger partial charge in [-0.25, -0.2) is 9.97 Å². The van der Waals surface area contributed by atoms with Crippen molar-refractivity contribution in [2.24, 2.45) is 0 Å². The van der Waals surface area contributed by atoms with Gasteiger partial charge in [0.2, 0.25) is 0 Å². The number of H-pyrrole nitrogens is 1. The van der Waals surface area contributed by atoms with Crippen molar-refractivity contribution >= 4 is 40.9 Å².